The molecule has 0 aromatic heterocycles. The summed E-state index contributed by atoms with van der Waals surface area (Å²) in [6, 6.07) is 0. The average molecular weight is 171 g/mol. The first-order chi connectivity index (χ1) is 5.83. The zero-order valence-electron chi connectivity index (χ0n) is 7.64. The molecule has 0 bridgehead atoms. The third-order valence-electron chi connectivity index (χ3n) is 2.25. The van der Waals surface area contributed by atoms with E-state index in [-0.39, 0.29) is 6.09 Å². The van der Waals surface area contributed by atoms with Crippen molar-refractivity contribution >= 4 is 6.09 Å². The summed E-state index contributed by atoms with van der Waals surface area (Å²) in [7, 11) is 0. The highest BCUT2D eigenvalue weighted by Crippen LogP contribution is 2.24. The van der Waals surface area contributed by atoms with Crippen LogP contribution < -0.4 is 5.32 Å². The normalized spacial score (nSPS) is 17.8. The molecule has 0 unspecified atom stereocenters. The third kappa shape index (κ3) is 3.11. The lowest BCUT2D eigenvalue weighted by atomic mass is 10.1. The van der Waals surface area contributed by atoms with Crippen molar-refractivity contribution in [3.63, 3.8) is 0 Å². The number of amides is 1. The Morgan fingerprint density at radius 3 is 2.75 bits per heavy atom. The van der Waals surface area contributed by atoms with E-state index >= 15 is 0 Å². The fourth-order valence-corrected chi connectivity index (χ4v) is 1.57. The van der Waals surface area contributed by atoms with Gasteiger partial charge < -0.3 is 10.1 Å². The summed E-state index contributed by atoms with van der Waals surface area (Å²) < 4.78 is 5.02. The standard InChI is InChI=1S/C9H17NO2/c1-2-10-9(11)12-7-8-5-3-4-6-8/h8H,2-7H2,1H3,(H,10,11). The van der Waals surface area contributed by atoms with Crippen LogP contribution in [0, 0.1) is 5.92 Å². The van der Waals surface area contributed by atoms with Gasteiger partial charge in [-0.25, -0.2) is 4.79 Å². The Kier molecular flexibility index (Phi) is 3.91. The average Bonchev–Trinajstić information content (AvgIpc) is 2.53. The largest absolute Gasteiger partial charge is 0.449 e. The zero-order valence-corrected chi connectivity index (χ0v) is 7.64. The van der Waals surface area contributed by atoms with Crippen LogP contribution in [0.5, 0.6) is 0 Å². The van der Waals surface area contributed by atoms with Gasteiger partial charge in [0.25, 0.3) is 0 Å². The van der Waals surface area contributed by atoms with E-state index < -0.39 is 0 Å². The molecule has 1 saturated carbocycles. The minimum atomic E-state index is -0.274. The molecule has 1 N–H and O–H groups in total. The molecule has 0 aliphatic heterocycles. The predicted octanol–water partition coefficient (Wildman–Crippen LogP) is 1.92. The van der Waals surface area contributed by atoms with E-state index in [1.165, 1.54) is 25.7 Å². The number of nitrogens with one attached hydrogen (secondary N) is 1. The molecule has 0 aromatic carbocycles. The molecule has 1 fully saturated rings. The van der Waals surface area contributed by atoms with Gasteiger partial charge in [-0.1, -0.05) is 12.8 Å². The molecule has 0 atom stereocenters. The number of hydrogen-bond acceptors (Lipinski definition) is 2. The van der Waals surface area contributed by atoms with E-state index in [0.717, 1.165) is 0 Å². The molecule has 0 aromatic rings. The van der Waals surface area contributed by atoms with Gasteiger partial charge in [0.15, 0.2) is 0 Å². The fraction of sp³-hybridized carbons (Fsp3) is 0.889. The van der Waals surface area contributed by atoms with Gasteiger partial charge in [-0.3, -0.25) is 0 Å². The Balaban J connectivity index is 2.03. The van der Waals surface area contributed by atoms with E-state index in [9.17, 15) is 4.79 Å². The molecular formula is C9H17NO2. The summed E-state index contributed by atoms with van der Waals surface area (Å²) in [4.78, 5) is 10.9. The van der Waals surface area contributed by atoms with Gasteiger partial charge in [0.1, 0.15) is 0 Å². The van der Waals surface area contributed by atoms with Crippen LogP contribution in [0.1, 0.15) is 32.6 Å². The molecule has 70 valence electrons. The number of ether oxygens (including phenoxy) is 1. The van der Waals surface area contributed by atoms with E-state index in [2.05, 4.69) is 5.32 Å². The first-order valence-electron chi connectivity index (χ1n) is 4.73. The maximum Gasteiger partial charge on any atom is 0.407 e. The molecule has 0 radical (unpaired) electrons. The maximum absolute atomic E-state index is 10.9. The molecule has 0 spiro atoms. The first-order valence-corrected chi connectivity index (χ1v) is 4.73. The monoisotopic (exact) mass is 171 g/mol. The van der Waals surface area contributed by atoms with Crippen molar-refractivity contribution in [2.24, 2.45) is 5.92 Å². The first kappa shape index (κ1) is 9.36. The lowest BCUT2D eigenvalue weighted by Gasteiger charge is -2.09. The lowest BCUT2D eigenvalue weighted by molar-refractivity contribution is 0.128. The van der Waals surface area contributed by atoms with Crippen LogP contribution in [0.3, 0.4) is 0 Å². The summed E-state index contributed by atoms with van der Waals surface area (Å²) in [5.41, 5.74) is 0. The van der Waals surface area contributed by atoms with E-state index in [1.54, 1.807) is 0 Å². The maximum atomic E-state index is 10.9. The third-order valence-corrected chi connectivity index (χ3v) is 2.25. The van der Waals surface area contributed by atoms with Crippen LogP contribution >= 0.6 is 0 Å². The number of rotatable bonds is 3. The smallest absolute Gasteiger partial charge is 0.407 e. The highest BCUT2D eigenvalue weighted by molar-refractivity contribution is 5.66. The van der Waals surface area contributed by atoms with Crippen LogP contribution in [-0.4, -0.2) is 19.2 Å². The Morgan fingerprint density at radius 2 is 2.17 bits per heavy atom. The SMILES string of the molecule is CCNC(=O)OCC1CCCC1. The van der Waals surface area contributed by atoms with Gasteiger partial charge in [0, 0.05) is 6.54 Å². The summed E-state index contributed by atoms with van der Waals surface area (Å²) in [5.74, 6) is 0.618. The van der Waals surface area contributed by atoms with Crippen molar-refractivity contribution in [2.45, 2.75) is 32.6 Å². The topological polar surface area (TPSA) is 38.3 Å². The number of carbonyl (C=O) groups excluding carboxylic acids is 1. The predicted molar refractivity (Wildman–Crippen MR) is 47.0 cm³/mol. The summed E-state index contributed by atoms with van der Waals surface area (Å²) in [5, 5.41) is 2.61. The van der Waals surface area contributed by atoms with Crippen LogP contribution in [0.2, 0.25) is 0 Å². The van der Waals surface area contributed by atoms with Crippen molar-refractivity contribution < 1.29 is 9.53 Å². The molecule has 1 aliphatic carbocycles. The van der Waals surface area contributed by atoms with Crippen LogP contribution in [0.4, 0.5) is 4.79 Å². The van der Waals surface area contributed by atoms with Crippen molar-refractivity contribution in [1.82, 2.24) is 5.32 Å². The quantitative estimate of drug-likeness (QED) is 0.704. The van der Waals surface area contributed by atoms with Crippen molar-refractivity contribution in [3.8, 4) is 0 Å². The molecule has 1 rings (SSSR count). The summed E-state index contributed by atoms with van der Waals surface area (Å²) in [6.45, 7) is 3.13. The highest BCUT2D eigenvalue weighted by atomic mass is 16.5. The van der Waals surface area contributed by atoms with E-state index in [0.29, 0.717) is 19.1 Å². The second-order valence-corrected chi connectivity index (χ2v) is 3.28. The van der Waals surface area contributed by atoms with E-state index in [1.807, 2.05) is 6.92 Å². The molecular weight excluding hydrogens is 154 g/mol. The molecule has 0 saturated heterocycles. The molecule has 1 aliphatic rings. The lowest BCUT2D eigenvalue weighted by Crippen LogP contribution is -2.25. The second-order valence-electron chi connectivity index (χ2n) is 3.28. The minimum absolute atomic E-state index is 0.274. The van der Waals surface area contributed by atoms with Gasteiger partial charge >= 0.3 is 6.09 Å². The van der Waals surface area contributed by atoms with Gasteiger partial charge in [-0.05, 0) is 25.7 Å². The van der Waals surface area contributed by atoms with Gasteiger partial charge in [0.05, 0.1) is 6.61 Å². The summed E-state index contributed by atoms with van der Waals surface area (Å²) >= 11 is 0. The van der Waals surface area contributed by atoms with Gasteiger partial charge in [0.2, 0.25) is 0 Å². The van der Waals surface area contributed by atoms with Crippen molar-refractivity contribution in [2.75, 3.05) is 13.2 Å². The van der Waals surface area contributed by atoms with Gasteiger partial charge in [-0.2, -0.15) is 0 Å². The Morgan fingerprint density at radius 1 is 1.50 bits per heavy atom. The van der Waals surface area contributed by atoms with Crippen LogP contribution in [0.25, 0.3) is 0 Å². The Hall–Kier alpha value is -0.730. The second kappa shape index (κ2) is 5.01. The fourth-order valence-electron chi connectivity index (χ4n) is 1.57. The Bertz CT molecular complexity index is 141. The zero-order chi connectivity index (χ0) is 8.81. The van der Waals surface area contributed by atoms with Gasteiger partial charge in [-0.15, -0.1) is 0 Å². The number of carbonyl (C=O) groups is 1. The minimum Gasteiger partial charge on any atom is -0.449 e. The highest BCUT2D eigenvalue weighted by Gasteiger charge is 2.16. The molecule has 12 heavy (non-hydrogen) atoms. The number of hydrogen-bond donors (Lipinski definition) is 1. The van der Waals surface area contributed by atoms with E-state index in [4.69, 9.17) is 4.74 Å². The molecule has 0 heterocycles. The molecule has 3 heteroatoms. The Labute approximate surface area is 73.5 Å². The van der Waals surface area contributed by atoms with Crippen LogP contribution in [-0.2, 0) is 4.74 Å². The molecule has 3 nitrogen and oxygen atoms in total. The number of alkyl carbamates (subject to hydrolysis) is 1. The van der Waals surface area contributed by atoms with Crippen molar-refractivity contribution in [3.05, 3.63) is 0 Å². The summed E-state index contributed by atoms with van der Waals surface area (Å²) in [6.07, 6.45) is 4.76. The van der Waals surface area contributed by atoms with Crippen molar-refractivity contribution in [1.29, 1.82) is 0 Å². The van der Waals surface area contributed by atoms with Crippen LogP contribution in [0.15, 0.2) is 0 Å². The molecule has 1 amide bonds.